The van der Waals surface area contributed by atoms with E-state index >= 15 is 0 Å². The summed E-state index contributed by atoms with van der Waals surface area (Å²) in [6.07, 6.45) is 12.9. The second-order valence-corrected chi connectivity index (χ2v) is 6.39. The summed E-state index contributed by atoms with van der Waals surface area (Å²) in [5.74, 6) is 0.920. The van der Waals surface area contributed by atoms with Crippen LogP contribution >= 0.6 is 0 Å². The summed E-state index contributed by atoms with van der Waals surface area (Å²) in [4.78, 5) is 0. The average Bonchev–Trinajstić information content (AvgIpc) is 2.68. The molecule has 1 aromatic rings. The van der Waals surface area contributed by atoms with Crippen LogP contribution in [0.25, 0.3) is 0 Å². The largest absolute Gasteiger partial charge is 0.348 e. The molecule has 2 aliphatic carbocycles. The van der Waals surface area contributed by atoms with Gasteiger partial charge in [0.1, 0.15) is 0 Å². The van der Waals surface area contributed by atoms with Gasteiger partial charge in [-0.3, -0.25) is 0 Å². The molecule has 0 saturated heterocycles. The molecule has 0 aliphatic heterocycles. The van der Waals surface area contributed by atoms with Crippen molar-refractivity contribution >= 4 is 0 Å². The van der Waals surface area contributed by atoms with Crippen LogP contribution in [0.2, 0.25) is 0 Å². The van der Waals surface area contributed by atoms with E-state index < -0.39 is 0 Å². The van der Waals surface area contributed by atoms with Gasteiger partial charge in [0.25, 0.3) is 0 Å². The van der Waals surface area contributed by atoms with E-state index in [9.17, 15) is 0 Å². The molecule has 1 saturated carbocycles. The second kappa shape index (κ2) is 5.08. The molecule has 1 heterocycles. The fraction of sp³-hybridized carbons (Fsp3) is 0.750. The second-order valence-electron chi connectivity index (χ2n) is 6.39. The normalized spacial score (nSPS) is 32.9. The molecule has 3 unspecified atom stereocenters. The van der Waals surface area contributed by atoms with Gasteiger partial charge in [-0.25, -0.2) is 0 Å². The minimum Gasteiger partial charge on any atom is -0.348 e. The minimum absolute atomic E-state index is 0.291. The Bertz CT molecular complexity index is 407. The predicted octanol–water partition coefficient (Wildman–Crippen LogP) is 3.97. The molecular weight excluding hydrogens is 220 g/mol. The van der Waals surface area contributed by atoms with E-state index in [2.05, 4.69) is 23.8 Å². The number of nitrogens with two attached hydrogens (primary N) is 1. The van der Waals surface area contributed by atoms with Gasteiger partial charge in [-0.2, -0.15) is 0 Å². The highest BCUT2D eigenvalue weighted by atomic mass is 15.0. The third-order valence-electron chi connectivity index (χ3n) is 5.01. The van der Waals surface area contributed by atoms with Crippen molar-refractivity contribution in [1.82, 2.24) is 4.57 Å². The molecule has 1 fully saturated rings. The van der Waals surface area contributed by atoms with Crippen molar-refractivity contribution in [2.24, 2.45) is 11.7 Å². The monoisotopic (exact) mass is 246 g/mol. The van der Waals surface area contributed by atoms with Gasteiger partial charge in [-0.15, -0.1) is 0 Å². The summed E-state index contributed by atoms with van der Waals surface area (Å²) in [6, 6.07) is 3.32. The van der Waals surface area contributed by atoms with E-state index in [1.165, 1.54) is 56.9 Å². The minimum atomic E-state index is 0.291. The van der Waals surface area contributed by atoms with Gasteiger partial charge in [-0.05, 0) is 56.1 Å². The fourth-order valence-electron chi connectivity index (χ4n) is 3.84. The zero-order valence-corrected chi connectivity index (χ0v) is 11.6. The third kappa shape index (κ3) is 2.23. The molecule has 2 nitrogen and oxygen atoms in total. The standard InChI is InChI=1S/C16H26N2/c1-12-4-2-5-13(9-8-12)18-11-10-14-15(17)6-3-7-16(14)18/h10-13,15H,2-9,17H2,1H3. The van der Waals surface area contributed by atoms with E-state index in [0.717, 1.165) is 12.0 Å². The van der Waals surface area contributed by atoms with Crippen LogP contribution in [0.15, 0.2) is 12.3 Å². The smallest absolute Gasteiger partial charge is 0.0333 e. The Morgan fingerprint density at radius 1 is 1.11 bits per heavy atom. The van der Waals surface area contributed by atoms with Crippen LogP contribution in [0.4, 0.5) is 0 Å². The lowest BCUT2D eigenvalue weighted by atomic mass is 9.93. The Labute approximate surface area is 111 Å². The zero-order valence-electron chi connectivity index (χ0n) is 11.6. The number of hydrogen-bond donors (Lipinski definition) is 1. The van der Waals surface area contributed by atoms with Gasteiger partial charge in [0.05, 0.1) is 0 Å². The molecule has 0 amide bonds. The molecule has 0 radical (unpaired) electrons. The molecule has 3 rings (SSSR count). The summed E-state index contributed by atoms with van der Waals surface area (Å²) >= 11 is 0. The van der Waals surface area contributed by atoms with Gasteiger partial charge >= 0.3 is 0 Å². The van der Waals surface area contributed by atoms with Gasteiger partial charge in [-0.1, -0.05) is 19.8 Å². The lowest BCUT2D eigenvalue weighted by Crippen LogP contribution is -2.20. The number of nitrogens with zero attached hydrogens (tertiary/aromatic N) is 1. The molecule has 1 aromatic heterocycles. The third-order valence-corrected chi connectivity index (χ3v) is 5.01. The lowest BCUT2D eigenvalue weighted by Gasteiger charge is -2.25. The van der Waals surface area contributed by atoms with Crippen molar-refractivity contribution in [1.29, 1.82) is 0 Å². The fourth-order valence-corrected chi connectivity index (χ4v) is 3.84. The summed E-state index contributed by atoms with van der Waals surface area (Å²) in [7, 11) is 0. The Balaban J connectivity index is 1.83. The molecule has 2 aliphatic rings. The highest BCUT2D eigenvalue weighted by molar-refractivity contribution is 5.28. The van der Waals surface area contributed by atoms with Crippen LogP contribution in [-0.2, 0) is 6.42 Å². The van der Waals surface area contributed by atoms with E-state index in [0.29, 0.717) is 6.04 Å². The number of aromatic nitrogens is 1. The molecule has 2 N–H and O–H groups in total. The van der Waals surface area contributed by atoms with Crippen LogP contribution < -0.4 is 5.73 Å². The molecule has 3 atom stereocenters. The van der Waals surface area contributed by atoms with Crippen molar-refractivity contribution < 1.29 is 0 Å². The van der Waals surface area contributed by atoms with Crippen molar-refractivity contribution in [3.8, 4) is 0 Å². The molecule has 0 aromatic carbocycles. The van der Waals surface area contributed by atoms with Crippen LogP contribution in [-0.4, -0.2) is 4.57 Å². The Kier molecular flexibility index (Phi) is 3.47. The van der Waals surface area contributed by atoms with Gasteiger partial charge < -0.3 is 10.3 Å². The number of hydrogen-bond acceptors (Lipinski definition) is 1. The molecule has 2 heteroatoms. The van der Waals surface area contributed by atoms with Crippen molar-refractivity contribution in [2.75, 3.05) is 0 Å². The molecular formula is C16H26N2. The number of rotatable bonds is 1. The summed E-state index contributed by atoms with van der Waals surface area (Å²) in [6.45, 7) is 2.41. The molecule has 0 bridgehead atoms. The zero-order chi connectivity index (χ0) is 12.5. The average molecular weight is 246 g/mol. The Hall–Kier alpha value is -0.760. The van der Waals surface area contributed by atoms with E-state index in [1.807, 2.05) is 0 Å². The lowest BCUT2D eigenvalue weighted by molar-refractivity contribution is 0.413. The van der Waals surface area contributed by atoms with Gasteiger partial charge in [0.15, 0.2) is 0 Å². The van der Waals surface area contributed by atoms with Crippen molar-refractivity contribution in [2.45, 2.75) is 70.4 Å². The van der Waals surface area contributed by atoms with E-state index in [1.54, 1.807) is 5.69 Å². The first kappa shape index (κ1) is 12.3. The van der Waals surface area contributed by atoms with Crippen LogP contribution in [0.5, 0.6) is 0 Å². The van der Waals surface area contributed by atoms with Crippen LogP contribution in [0, 0.1) is 5.92 Å². The molecule has 18 heavy (non-hydrogen) atoms. The van der Waals surface area contributed by atoms with E-state index in [-0.39, 0.29) is 0 Å². The first-order valence-electron chi connectivity index (χ1n) is 7.71. The maximum Gasteiger partial charge on any atom is 0.0333 e. The summed E-state index contributed by atoms with van der Waals surface area (Å²) in [5, 5.41) is 0. The quantitative estimate of drug-likeness (QED) is 0.747. The SMILES string of the molecule is CC1CCCC(n2ccc3c2CCCC3N)CC1. The first-order chi connectivity index (χ1) is 8.75. The maximum atomic E-state index is 6.23. The van der Waals surface area contributed by atoms with E-state index in [4.69, 9.17) is 5.73 Å². The highest BCUT2D eigenvalue weighted by Gasteiger charge is 2.24. The molecule has 0 spiro atoms. The summed E-state index contributed by atoms with van der Waals surface area (Å²) in [5.41, 5.74) is 9.21. The Morgan fingerprint density at radius 3 is 2.89 bits per heavy atom. The number of fused-ring (bicyclic) bond motifs is 1. The van der Waals surface area contributed by atoms with Crippen molar-refractivity contribution in [3.05, 3.63) is 23.5 Å². The van der Waals surface area contributed by atoms with Crippen molar-refractivity contribution in [3.63, 3.8) is 0 Å². The first-order valence-corrected chi connectivity index (χ1v) is 7.71. The van der Waals surface area contributed by atoms with Crippen LogP contribution in [0.1, 0.15) is 75.2 Å². The maximum absolute atomic E-state index is 6.23. The highest BCUT2D eigenvalue weighted by Crippen LogP contribution is 2.36. The van der Waals surface area contributed by atoms with Gasteiger partial charge in [0, 0.05) is 24.0 Å². The van der Waals surface area contributed by atoms with Crippen LogP contribution in [0.3, 0.4) is 0 Å². The topological polar surface area (TPSA) is 30.9 Å². The summed E-state index contributed by atoms with van der Waals surface area (Å²) < 4.78 is 2.58. The molecule has 100 valence electrons. The Morgan fingerprint density at radius 2 is 2.00 bits per heavy atom. The predicted molar refractivity (Wildman–Crippen MR) is 75.6 cm³/mol. The van der Waals surface area contributed by atoms with Gasteiger partial charge in [0.2, 0.25) is 0 Å².